The molecule has 1 saturated heterocycles. The first-order valence-electron chi connectivity index (χ1n) is 13.1. The van der Waals surface area contributed by atoms with Crippen LogP contribution in [0.3, 0.4) is 0 Å². The third-order valence-electron chi connectivity index (χ3n) is 7.07. The Labute approximate surface area is 210 Å². The van der Waals surface area contributed by atoms with E-state index in [-0.39, 0.29) is 19.2 Å². The van der Waals surface area contributed by atoms with E-state index >= 15 is 0 Å². The van der Waals surface area contributed by atoms with Crippen molar-refractivity contribution < 1.29 is 14.3 Å². The zero-order chi connectivity index (χ0) is 24.7. The molecule has 0 bridgehead atoms. The van der Waals surface area contributed by atoms with E-state index in [1.807, 2.05) is 30.3 Å². The Morgan fingerprint density at radius 1 is 1.09 bits per heavy atom. The molecule has 1 amide bonds. The van der Waals surface area contributed by atoms with Crippen molar-refractivity contribution in [3.8, 4) is 0 Å². The molecule has 8 heteroatoms. The number of likely N-dealkylation sites (tertiary alicyclic amines) is 1. The summed E-state index contributed by atoms with van der Waals surface area (Å²) >= 11 is -2.51. The van der Waals surface area contributed by atoms with Crippen LogP contribution < -0.4 is 0 Å². The van der Waals surface area contributed by atoms with E-state index in [1.54, 1.807) is 4.90 Å². The third-order valence-corrected chi connectivity index (χ3v) is 21.3. The van der Waals surface area contributed by atoms with Crippen LogP contribution in [0.15, 0.2) is 35.4 Å². The van der Waals surface area contributed by atoms with E-state index in [2.05, 4.69) is 30.8 Å². The molecule has 0 N–H and O–H groups in total. The Kier molecular flexibility index (Phi) is 13.2. The van der Waals surface area contributed by atoms with E-state index in [4.69, 9.17) is 15.0 Å². The third kappa shape index (κ3) is 9.31. The number of ether oxygens (including phenoxy) is 2. The van der Waals surface area contributed by atoms with Crippen LogP contribution in [0, 0.1) is 0 Å². The Hall–Kier alpha value is -1.44. The SMILES string of the molecule is CCC[CH2][Sn]([CH2]CCC)([CH2]CCC)[CH2]OC1(CN=[N+]=[N-])CCN(C(=O)OCc2ccccc2)C1. The summed E-state index contributed by atoms with van der Waals surface area (Å²) in [6.45, 7) is 8.34. The van der Waals surface area contributed by atoms with Crippen LogP contribution in [0.2, 0.25) is 13.3 Å². The van der Waals surface area contributed by atoms with Gasteiger partial charge in [0.15, 0.2) is 0 Å². The number of carbonyl (C=O) groups excluding carboxylic acids is 1. The Bertz CT molecular complexity index is 751. The van der Waals surface area contributed by atoms with Gasteiger partial charge in [0.05, 0.1) is 0 Å². The number of hydrogen-bond acceptors (Lipinski definition) is 4. The van der Waals surface area contributed by atoms with Gasteiger partial charge in [0.1, 0.15) is 0 Å². The minimum atomic E-state index is -2.51. The minimum absolute atomic E-state index is 0.255. The summed E-state index contributed by atoms with van der Waals surface area (Å²) in [5.74, 6) is 0. The molecule has 0 aliphatic carbocycles. The van der Waals surface area contributed by atoms with Gasteiger partial charge in [-0.05, 0) is 0 Å². The molecule has 1 aromatic carbocycles. The molecule has 1 heterocycles. The van der Waals surface area contributed by atoms with Gasteiger partial charge in [-0.2, -0.15) is 0 Å². The summed E-state index contributed by atoms with van der Waals surface area (Å²) in [5.41, 5.74) is 9.39. The van der Waals surface area contributed by atoms with Gasteiger partial charge in [0.25, 0.3) is 0 Å². The maximum absolute atomic E-state index is 12.8. The molecular weight excluding hydrogens is 535 g/mol. The van der Waals surface area contributed by atoms with Gasteiger partial charge in [-0.15, -0.1) is 0 Å². The second-order valence-corrected chi connectivity index (χ2v) is 23.6. The van der Waals surface area contributed by atoms with Crippen molar-refractivity contribution in [3.63, 3.8) is 0 Å². The topological polar surface area (TPSA) is 87.5 Å². The molecule has 0 saturated carbocycles. The van der Waals surface area contributed by atoms with Gasteiger partial charge >= 0.3 is 211 Å². The van der Waals surface area contributed by atoms with Gasteiger partial charge in [0.2, 0.25) is 0 Å². The van der Waals surface area contributed by atoms with Crippen LogP contribution in [-0.2, 0) is 16.1 Å². The van der Waals surface area contributed by atoms with Crippen molar-refractivity contribution in [3.05, 3.63) is 46.3 Å². The number of carbonyl (C=O) groups is 1. The summed E-state index contributed by atoms with van der Waals surface area (Å²) < 4.78 is 17.3. The number of rotatable bonds is 16. The molecule has 34 heavy (non-hydrogen) atoms. The first-order valence-corrected chi connectivity index (χ1v) is 21.2. The van der Waals surface area contributed by atoms with Crippen LogP contribution in [0.5, 0.6) is 0 Å². The predicted octanol–water partition coefficient (Wildman–Crippen LogP) is 7.48. The van der Waals surface area contributed by atoms with Crippen LogP contribution in [0.1, 0.15) is 71.3 Å². The number of azide groups is 1. The standard InChI is InChI=1S/C14H17N4O3.3C4H9.Sn/c1-20-14(10-16-17-15)7-8-18(11-14)13(19)21-9-12-5-3-2-4-6-12;3*1-3-4-2;/h2-6H,1,7-11H2;3*1,3-4H2,2H3;. The van der Waals surface area contributed by atoms with E-state index in [0.717, 1.165) is 10.2 Å². The average molecular weight is 579 g/mol. The van der Waals surface area contributed by atoms with E-state index in [1.165, 1.54) is 51.8 Å². The molecule has 1 atom stereocenters. The van der Waals surface area contributed by atoms with Gasteiger partial charge in [-0.3, -0.25) is 0 Å². The summed E-state index contributed by atoms with van der Waals surface area (Å²) in [6.07, 6.45) is 7.89. The van der Waals surface area contributed by atoms with Crippen LogP contribution in [-0.4, -0.2) is 59.2 Å². The summed E-state index contributed by atoms with van der Waals surface area (Å²) in [4.78, 5) is 17.5. The molecule has 0 spiro atoms. The van der Waals surface area contributed by atoms with Crippen molar-refractivity contribution >= 4 is 24.5 Å². The Morgan fingerprint density at radius 2 is 1.71 bits per heavy atom. The zero-order valence-electron chi connectivity index (χ0n) is 21.5. The number of unbranched alkanes of at least 4 members (excludes halogenated alkanes) is 3. The number of nitrogens with zero attached hydrogens (tertiary/aromatic N) is 4. The first kappa shape index (κ1) is 28.8. The molecule has 1 aromatic rings. The summed E-state index contributed by atoms with van der Waals surface area (Å²) in [7, 11) is 0. The van der Waals surface area contributed by atoms with Crippen LogP contribution in [0.25, 0.3) is 10.4 Å². The Balaban J connectivity index is 2.08. The first-order chi connectivity index (χ1) is 16.5. The second kappa shape index (κ2) is 15.5. The zero-order valence-corrected chi connectivity index (χ0v) is 24.4. The fraction of sp³-hybridized carbons (Fsp3) is 0.731. The van der Waals surface area contributed by atoms with Crippen LogP contribution in [0.4, 0.5) is 4.79 Å². The second-order valence-electron chi connectivity index (χ2n) is 9.88. The monoisotopic (exact) mass is 580 g/mol. The number of benzene rings is 1. The molecule has 1 aliphatic rings. The number of hydrogen-bond donors (Lipinski definition) is 0. The van der Waals surface area contributed by atoms with Crippen molar-refractivity contribution in [1.29, 1.82) is 0 Å². The molecule has 190 valence electrons. The predicted molar refractivity (Wildman–Crippen MR) is 140 cm³/mol. The van der Waals surface area contributed by atoms with Gasteiger partial charge in [-0.1, -0.05) is 0 Å². The van der Waals surface area contributed by atoms with Gasteiger partial charge < -0.3 is 0 Å². The maximum atomic E-state index is 12.8. The van der Waals surface area contributed by atoms with Gasteiger partial charge in [0, 0.05) is 0 Å². The molecule has 2 rings (SSSR count). The quantitative estimate of drug-likeness (QED) is 0.0881. The van der Waals surface area contributed by atoms with E-state index < -0.39 is 24.0 Å². The van der Waals surface area contributed by atoms with Crippen molar-refractivity contribution in [2.75, 3.05) is 24.3 Å². The molecule has 7 nitrogen and oxygen atoms in total. The van der Waals surface area contributed by atoms with Crippen molar-refractivity contribution in [2.45, 2.75) is 91.2 Å². The molecular formula is C26H44N4O3Sn. The molecule has 1 unspecified atom stereocenters. The van der Waals surface area contributed by atoms with Gasteiger partial charge in [-0.25, -0.2) is 0 Å². The average Bonchev–Trinajstić information content (AvgIpc) is 3.30. The van der Waals surface area contributed by atoms with Crippen molar-refractivity contribution in [2.24, 2.45) is 5.11 Å². The Morgan fingerprint density at radius 3 is 2.26 bits per heavy atom. The molecule has 1 aliphatic heterocycles. The fourth-order valence-electron chi connectivity index (χ4n) is 4.82. The normalized spacial score (nSPS) is 18.0. The van der Waals surface area contributed by atoms with E-state index in [9.17, 15) is 4.79 Å². The van der Waals surface area contributed by atoms with Crippen LogP contribution >= 0.6 is 0 Å². The summed E-state index contributed by atoms with van der Waals surface area (Å²) in [6, 6.07) is 9.71. The van der Waals surface area contributed by atoms with Crippen molar-refractivity contribution in [1.82, 2.24) is 4.90 Å². The number of amides is 1. The molecule has 0 radical (unpaired) electrons. The molecule has 0 aromatic heterocycles. The van der Waals surface area contributed by atoms with E-state index in [0.29, 0.717) is 19.5 Å². The molecule has 1 fully saturated rings. The summed E-state index contributed by atoms with van der Waals surface area (Å²) in [5, 5.41) is 3.90. The fourth-order valence-corrected chi connectivity index (χ4v) is 19.4.